The molecule has 0 radical (unpaired) electrons. The maximum Gasteiger partial charge on any atom is 0.316 e. The van der Waals surface area contributed by atoms with Gasteiger partial charge < -0.3 is 58.9 Å². The lowest BCUT2D eigenvalue weighted by Gasteiger charge is -2.44. The molecule has 17 heteroatoms. The van der Waals surface area contributed by atoms with E-state index in [9.17, 15) is 49.5 Å². The number of carbonyl (C=O) groups is 5. The van der Waals surface area contributed by atoms with Gasteiger partial charge in [-0.3, -0.25) is 24.0 Å². The fourth-order valence-electron chi connectivity index (χ4n) is 12.1. The van der Waals surface area contributed by atoms with Gasteiger partial charge in [-0.1, -0.05) is 74.1 Å². The van der Waals surface area contributed by atoms with Crippen LogP contribution >= 0.6 is 0 Å². The molecule has 1 aliphatic carbocycles. The highest BCUT2D eigenvalue weighted by Gasteiger charge is 2.53. The van der Waals surface area contributed by atoms with Gasteiger partial charge >= 0.3 is 5.97 Å². The SMILES string of the molecule is CO[C@H]1C[C@@H]2CCC(C)[C@@](O)(O2)C(=O)C(=O)N2CCCCC2C(O)O[C@H]([C@H](C)C[C@@H]2CC[C@@H](OC(=O)C(C)(CO)CO)[C@H](OC)C2)CC(=O)C(C)CC(C)[C@@H](O)[C@@H](OC)C(=O)[C@H](C)C[C@H](C)CCCCCC1C. The number of hydrogen-bond acceptors (Lipinski definition) is 16. The number of ketones is 3. The lowest BCUT2D eigenvalue weighted by molar-refractivity contribution is -0.267. The number of carbonyl (C=O) groups excluding carboxylic acids is 5. The molecule has 4 rings (SSSR count). The minimum absolute atomic E-state index is 0.0129. The third-order valence-corrected chi connectivity index (χ3v) is 17.5. The van der Waals surface area contributed by atoms with Gasteiger partial charge in [-0.05, 0) is 114 Å². The topological polar surface area (TPSA) is 245 Å². The number of Topliss-reactive ketones (excluding diaryl/α,β-unsaturated/α-hetero) is 3. The largest absolute Gasteiger partial charge is 0.459 e. The Hall–Kier alpha value is -2.45. The van der Waals surface area contributed by atoms with Crippen LogP contribution in [0.2, 0.25) is 0 Å². The normalized spacial score (nSPS) is 38.9. The van der Waals surface area contributed by atoms with Gasteiger partial charge in [-0.2, -0.15) is 0 Å². The number of fused-ring (bicyclic) bond motifs is 3. The number of hydrogen-bond donors (Lipinski definition) is 5. The van der Waals surface area contributed by atoms with Gasteiger partial charge in [0.1, 0.15) is 23.4 Å². The van der Waals surface area contributed by atoms with Gasteiger partial charge in [-0.25, -0.2) is 0 Å². The highest BCUT2D eigenvalue weighted by atomic mass is 16.6. The Bertz CT molecular complexity index is 1740. The van der Waals surface area contributed by atoms with E-state index in [0.717, 1.165) is 32.1 Å². The Morgan fingerprint density at radius 1 is 0.753 bits per heavy atom. The van der Waals surface area contributed by atoms with Crippen molar-refractivity contribution in [3.63, 3.8) is 0 Å². The van der Waals surface area contributed by atoms with Gasteiger partial charge in [0.25, 0.3) is 11.7 Å². The molecule has 0 aromatic rings. The number of nitrogens with zero attached hydrogens (tertiary/aromatic N) is 1. The predicted octanol–water partition coefficient (Wildman–Crippen LogP) is 6.12. The van der Waals surface area contributed by atoms with E-state index in [4.69, 9.17) is 28.4 Å². The average molecular weight is 1040 g/mol. The van der Waals surface area contributed by atoms with Crippen molar-refractivity contribution in [2.45, 2.75) is 232 Å². The molecule has 3 aliphatic heterocycles. The van der Waals surface area contributed by atoms with Crippen molar-refractivity contribution in [1.82, 2.24) is 4.90 Å². The van der Waals surface area contributed by atoms with Gasteiger partial charge in [0.05, 0.1) is 49.8 Å². The van der Waals surface area contributed by atoms with E-state index in [1.165, 1.54) is 26.0 Å². The first-order valence-electron chi connectivity index (χ1n) is 27.8. The molecular formula is C56H97NO16. The fourth-order valence-corrected chi connectivity index (χ4v) is 12.1. The molecule has 73 heavy (non-hydrogen) atoms. The van der Waals surface area contributed by atoms with Crippen molar-refractivity contribution in [2.75, 3.05) is 41.1 Å². The van der Waals surface area contributed by atoms with E-state index in [2.05, 4.69) is 13.8 Å². The summed E-state index contributed by atoms with van der Waals surface area (Å²) in [4.78, 5) is 71.3. The van der Waals surface area contributed by atoms with Gasteiger partial charge in [0, 0.05) is 58.5 Å². The molecule has 4 fully saturated rings. The van der Waals surface area contributed by atoms with E-state index in [1.807, 2.05) is 13.8 Å². The molecule has 1 saturated carbocycles. The van der Waals surface area contributed by atoms with Crippen molar-refractivity contribution in [1.29, 1.82) is 0 Å². The molecule has 2 bridgehead atoms. The summed E-state index contributed by atoms with van der Waals surface area (Å²) in [6, 6.07) is -0.976. The molecule has 1 amide bonds. The maximum absolute atomic E-state index is 14.4. The Labute approximate surface area is 436 Å². The molecule has 3 saturated heterocycles. The van der Waals surface area contributed by atoms with E-state index >= 15 is 0 Å². The first kappa shape index (κ1) is 63.1. The second-order valence-electron chi connectivity index (χ2n) is 23.6. The van der Waals surface area contributed by atoms with E-state index in [-0.39, 0.29) is 66.6 Å². The number of aliphatic hydroxyl groups is 5. The lowest BCUT2D eigenvalue weighted by atomic mass is 9.78. The number of ether oxygens (including phenoxy) is 6. The smallest absolute Gasteiger partial charge is 0.316 e. The van der Waals surface area contributed by atoms with Crippen molar-refractivity contribution >= 4 is 29.2 Å². The van der Waals surface area contributed by atoms with Crippen LogP contribution < -0.4 is 0 Å². The summed E-state index contributed by atoms with van der Waals surface area (Å²) in [5.41, 5.74) is -1.47. The summed E-state index contributed by atoms with van der Waals surface area (Å²) < 4.78 is 36.0. The molecule has 0 aromatic carbocycles. The van der Waals surface area contributed by atoms with E-state index in [1.54, 1.807) is 27.9 Å². The number of amides is 1. The van der Waals surface area contributed by atoms with Crippen LogP contribution in [-0.2, 0) is 52.4 Å². The average Bonchev–Trinajstić information content (AvgIpc) is 3.37. The Morgan fingerprint density at radius 3 is 2.05 bits per heavy atom. The zero-order valence-electron chi connectivity index (χ0n) is 46.3. The molecule has 4 aliphatic rings. The van der Waals surface area contributed by atoms with Crippen molar-refractivity contribution in [3.8, 4) is 0 Å². The lowest BCUT2D eigenvalue weighted by Crippen LogP contribution is -2.61. The number of esters is 1. The van der Waals surface area contributed by atoms with Crippen LogP contribution in [0.5, 0.6) is 0 Å². The molecule has 5 N–H and O–H groups in total. The molecule has 3 heterocycles. The Morgan fingerprint density at radius 2 is 1.41 bits per heavy atom. The second-order valence-corrected chi connectivity index (χ2v) is 23.6. The molecule has 17 nitrogen and oxygen atoms in total. The first-order chi connectivity index (χ1) is 34.5. The van der Waals surface area contributed by atoms with Crippen LogP contribution in [0.4, 0.5) is 0 Å². The predicted molar refractivity (Wildman–Crippen MR) is 273 cm³/mol. The van der Waals surface area contributed by atoms with Crippen LogP contribution in [0.3, 0.4) is 0 Å². The summed E-state index contributed by atoms with van der Waals surface area (Å²) in [5, 5.41) is 55.4. The first-order valence-corrected chi connectivity index (χ1v) is 27.8. The van der Waals surface area contributed by atoms with Crippen LogP contribution in [-0.4, -0.2) is 162 Å². The molecule has 18 atom stereocenters. The Balaban J connectivity index is 1.64. The van der Waals surface area contributed by atoms with Crippen LogP contribution in [0.15, 0.2) is 0 Å². The summed E-state index contributed by atoms with van der Waals surface area (Å²) in [6.07, 6.45) is 3.97. The third kappa shape index (κ3) is 16.8. The molecule has 0 spiro atoms. The second kappa shape index (κ2) is 29.3. The third-order valence-electron chi connectivity index (χ3n) is 17.5. The van der Waals surface area contributed by atoms with Crippen molar-refractivity contribution < 1.29 is 77.9 Å². The van der Waals surface area contributed by atoms with E-state index in [0.29, 0.717) is 70.6 Å². The quantitative estimate of drug-likeness (QED) is 0.122. The van der Waals surface area contributed by atoms with Gasteiger partial charge in [-0.15, -0.1) is 0 Å². The summed E-state index contributed by atoms with van der Waals surface area (Å²) in [7, 11) is 4.61. The highest BCUT2D eigenvalue weighted by molar-refractivity contribution is 6.38. The summed E-state index contributed by atoms with van der Waals surface area (Å²) >= 11 is 0. The maximum atomic E-state index is 14.4. The number of piperidine rings is 1. The van der Waals surface area contributed by atoms with E-state index < -0.39 is 109 Å². The molecule has 0 aromatic heterocycles. The van der Waals surface area contributed by atoms with Crippen molar-refractivity contribution in [2.24, 2.45) is 52.8 Å². The molecule has 6 unspecified atom stereocenters. The summed E-state index contributed by atoms with van der Waals surface area (Å²) in [5.74, 6) is -7.58. The van der Waals surface area contributed by atoms with Crippen LogP contribution in [0.1, 0.15) is 171 Å². The molecule has 422 valence electrons. The zero-order valence-corrected chi connectivity index (χ0v) is 46.3. The standard InChI is InChI=1S/C56H97NO16/c1-33-17-13-12-14-18-34(2)45(68-9)29-41-22-20-39(7)56(67,73-41)51(63)52(64)57-24-16-15-19-42(57)53(65)71-46(30-43(60)35(3)26-38(6)49(62)50(70-11)48(61)37(5)25-33)36(4)27-40-21-23-44(47(28-40)69-10)72-54(66)55(8,31-58)32-59/h33-42,44-47,49-50,53,58-59,62,65,67H,12-32H2,1-11H3/t33-,34?,35?,36-,37-,38?,39?,40+,41+,42?,44-,45+,46+,47-,49-,50+,53?,56-/m1/s1. The minimum atomic E-state index is -2.39. The zero-order chi connectivity index (χ0) is 54.4. The molecular weight excluding hydrogens is 943 g/mol. The minimum Gasteiger partial charge on any atom is -0.459 e. The monoisotopic (exact) mass is 1040 g/mol. The number of aliphatic hydroxyl groups excluding tert-OH is 4. The fraction of sp³-hybridized carbons (Fsp3) is 0.911. The van der Waals surface area contributed by atoms with Crippen molar-refractivity contribution in [3.05, 3.63) is 0 Å². The summed E-state index contributed by atoms with van der Waals surface area (Å²) in [6.45, 7) is 13.8. The highest BCUT2D eigenvalue weighted by Crippen LogP contribution is 2.39. The van der Waals surface area contributed by atoms with Gasteiger partial charge in [0.15, 0.2) is 12.1 Å². The van der Waals surface area contributed by atoms with Gasteiger partial charge in [0.2, 0.25) is 5.79 Å². The van der Waals surface area contributed by atoms with Crippen LogP contribution in [0.25, 0.3) is 0 Å². The Kier molecular flexibility index (Phi) is 25.4. The number of rotatable bonds is 10. The number of methoxy groups -OCH3 is 3. The van der Waals surface area contributed by atoms with Crippen LogP contribution in [0, 0.1) is 52.8 Å².